The zero-order valence-electron chi connectivity index (χ0n) is 20.3. The van der Waals surface area contributed by atoms with E-state index in [1.54, 1.807) is 17.0 Å². The number of sulfone groups is 1. The Hall–Kier alpha value is -2.87. The van der Waals surface area contributed by atoms with E-state index in [4.69, 9.17) is 9.26 Å². The number of amides is 2. The number of rotatable bonds is 7. The minimum Gasteiger partial charge on any atom is -0.406 e. The maximum atomic E-state index is 13.3. The third kappa shape index (κ3) is 7.34. The van der Waals surface area contributed by atoms with Crippen LogP contribution in [-0.4, -0.2) is 91.7 Å². The number of urea groups is 1. The molecule has 0 bridgehead atoms. The van der Waals surface area contributed by atoms with Crippen LogP contribution in [-0.2, 0) is 21.0 Å². The zero-order chi connectivity index (χ0) is 26.6. The normalized spacial score (nSPS) is 22.2. The first kappa shape index (κ1) is 27.2. The summed E-state index contributed by atoms with van der Waals surface area (Å²) in [6.45, 7) is 3.71. The van der Waals surface area contributed by atoms with E-state index >= 15 is 0 Å². The van der Waals surface area contributed by atoms with Gasteiger partial charge in [-0.3, -0.25) is 0 Å². The first-order valence-corrected chi connectivity index (χ1v) is 13.9. The van der Waals surface area contributed by atoms with Crippen molar-refractivity contribution in [1.82, 2.24) is 19.9 Å². The second-order valence-corrected chi connectivity index (χ2v) is 11.4. The molecule has 2 unspecified atom stereocenters. The molecule has 0 spiro atoms. The number of hydrogen-bond acceptors (Lipinski definition) is 8. The molecule has 2 saturated heterocycles. The van der Waals surface area contributed by atoms with Crippen LogP contribution in [0.3, 0.4) is 0 Å². The van der Waals surface area contributed by atoms with E-state index in [-0.39, 0.29) is 48.2 Å². The van der Waals surface area contributed by atoms with Crippen LogP contribution in [0.2, 0.25) is 0 Å². The number of aromatic nitrogens is 2. The Labute approximate surface area is 212 Å². The third-order valence-electron chi connectivity index (χ3n) is 6.43. The number of nitrogens with zero attached hydrogens (tertiary/aromatic N) is 4. The van der Waals surface area contributed by atoms with Gasteiger partial charge in [-0.05, 0) is 31.0 Å². The fourth-order valence-corrected chi connectivity index (χ4v) is 5.76. The van der Waals surface area contributed by atoms with Crippen LogP contribution >= 0.6 is 0 Å². The number of alkyl halides is 3. The molecular weight excluding hydrogens is 517 g/mol. The molecule has 2 aliphatic heterocycles. The number of hydrogen-bond donors (Lipinski definition) is 0. The SMILES string of the molecule is CCOCCc1noc(C2CC(c3ccc(OC(F)(F)F)cc3)CN(C(=O)N3CCS(=O)(=O)CC3)C2)n1. The van der Waals surface area contributed by atoms with Gasteiger partial charge in [0, 0.05) is 45.1 Å². The van der Waals surface area contributed by atoms with E-state index in [9.17, 15) is 26.4 Å². The van der Waals surface area contributed by atoms with Crippen molar-refractivity contribution in [3.05, 3.63) is 41.5 Å². The van der Waals surface area contributed by atoms with Gasteiger partial charge < -0.3 is 23.8 Å². The van der Waals surface area contributed by atoms with Crippen LogP contribution in [0.1, 0.15) is 42.5 Å². The van der Waals surface area contributed by atoms with Crippen molar-refractivity contribution in [3.63, 3.8) is 0 Å². The molecule has 0 radical (unpaired) electrons. The summed E-state index contributed by atoms with van der Waals surface area (Å²) in [5, 5.41) is 4.01. The topological polar surface area (TPSA) is 115 Å². The lowest BCUT2D eigenvalue weighted by Gasteiger charge is -2.40. The second-order valence-electron chi connectivity index (χ2n) is 9.07. The summed E-state index contributed by atoms with van der Waals surface area (Å²) in [5.74, 6) is -0.196. The van der Waals surface area contributed by atoms with Crippen LogP contribution in [0.4, 0.5) is 18.0 Å². The predicted octanol–water partition coefficient (Wildman–Crippen LogP) is 2.97. The molecule has 2 atom stereocenters. The van der Waals surface area contributed by atoms with Crippen LogP contribution < -0.4 is 4.74 Å². The number of carbonyl (C=O) groups is 1. The second kappa shape index (κ2) is 11.3. The highest BCUT2D eigenvalue weighted by Gasteiger charge is 2.37. The summed E-state index contributed by atoms with van der Waals surface area (Å²) in [6.07, 6.45) is -3.79. The van der Waals surface area contributed by atoms with Crippen molar-refractivity contribution in [1.29, 1.82) is 0 Å². The van der Waals surface area contributed by atoms with Crippen LogP contribution in [0.15, 0.2) is 28.8 Å². The minimum atomic E-state index is -4.79. The Kier molecular flexibility index (Phi) is 8.26. The van der Waals surface area contributed by atoms with Crippen LogP contribution in [0, 0.1) is 0 Å². The van der Waals surface area contributed by atoms with E-state index in [0.29, 0.717) is 50.9 Å². The molecule has 14 heteroatoms. The van der Waals surface area contributed by atoms with Gasteiger partial charge in [-0.2, -0.15) is 4.98 Å². The van der Waals surface area contributed by atoms with Gasteiger partial charge in [0.25, 0.3) is 0 Å². The number of benzene rings is 1. The molecule has 0 N–H and O–H groups in total. The monoisotopic (exact) mass is 546 g/mol. The summed E-state index contributed by atoms with van der Waals surface area (Å²) in [4.78, 5) is 21.0. The Bertz CT molecular complexity index is 1160. The minimum absolute atomic E-state index is 0.0903. The summed E-state index contributed by atoms with van der Waals surface area (Å²) in [6, 6.07) is 5.29. The van der Waals surface area contributed by atoms with Crippen molar-refractivity contribution in [2.24, 2.45) is 0 Å². The Morgan fingerprint density at radius 3 is 2.43 bits per heavy atom. The van der Waals surface area contributed by atoms with Gasteiger partial charge in [0.1, 0.15) is 5.75 Å². The number of halogens is 3. The molecule has 204 valence electrons. The molecule has 3 heterocycles. The Morgan fingerprint density at radius 2 is 1.78 bits per heavy atom. The maximum Gasteiger partial charge on any atom is 0.573 e. The largest absolute Gasteiger partial charge is 0.573 e. The van der Waals surface area contributed by atoms with Crippen molar-refractivity contribution in [2.45, 2.75) is 38.0 Å². The quantitative estimate of drug-likeness (QED) is 0.487. The fraction of sp³-hybridized carbons (Fsp3) is 0.609. The van der Waals surface area contributed by atoms with Gasteiger partial charge >= 0.3 is 12.4 Å². The molecule has 2 amide bonds. The smallest absolute Gasteiger partial charge is 0.406 e. The van der Waals surface area contributed by atoms with Gasteiger partial charge in [0.2, 0.25) is 5.89 Å². The van der Waals surface area contributed by atoms with Crippen molar-refractivity contribution in [3.8, 4) is 5.75 Å². The zero-order valence-corrected chi connectivity index (χ0v) is 21.1. The first-order valence-electron chi connectivity index (χ1n) is 12.0. The number of carbonyl (C=O) groups excluding carboxylic acids is 1. The predicted molar refractivity (Wildman–Crippen MR) is 125 cm³/mol. The van der Waals surface area contributed by atoms with Crippen LogP contribution in [0.5, 0.6) is 5.75 Å². The van der Waals surface area contributed by atoms with Gasteiger partial charge in [-0.15, -0.1) is 13.2 Å². The first-order chi connectivity index (χ1) is 17.5. The Morgan fingerprint density at radius 1 is 1.11 bits per heavy atom. The molecule has 37 heavy (non-hydrogen) atoms. The lowest BCUT2D eigenvalue weighted by Crippen LogP contribution is -2.53. The van der Waals surface area contributed by atoms with E-state index < -0.39 is 16.2 Å². The molecular formula is C23H29F3N4O6S. The lowest BCUT2D eigenvalue weighted by molar-refractivity contribution is -0.274. The summed E-state index contributed by atoms with van der Waals surface area (Å²) >= 11 is 0. The highest BCUT2D eigenvalue weighted by Crippen LogP contribution is 2.37. The van der Waals surface area contributed by atoms with Gasteiger partial charge in [0.05, 0.1) is 24.0 Å². The standard InChI is InChI=1S/C23H29F3N4O6S/c1-2-34-10-7-20-27-21(36-28-20)18-13-17(16-3-5-19(6-4-16)35-23(24,25)26)14-30(15-18)22(31)29-8-11-37(32,33)12-9-29/h3-6,17-18H,2,7-15H2,1H3. The van der Waals surface area contributed by atoms with E-state index in [1.807, 2.05) is 6.92 Å². The molecule has 1 aromatic heterocycles. The van der Waals surface area contributed by atoms with Crippen LogP contribution in [0.25, 0.3) is 0 Å². The average molecular weight is 547 g/mol. The van der Waals surface area contributed by atoms with E-state index in [1.165, 1.54) is 17.0 Å². The highest BCUT2D eigenvalue weighted by molar-refractivity contribution is 7.91. The molecule has 4 rings (SSSR count). The van der Waals surface area contributed by atoms with Gasteiger partial charge in [-0.25, -0.2) is 13.2 Å². The van der Waals surface area contributed by atoms with Gasteiger partial charge in [0.15, 0.2) is 15.7 Å². The number of ether oxygens (including phenoxy) is 2. The van der Waals surface area contributed by atoms with Crippen molar-refractivity contribution >= 4 is 15.9 Å². The lowest BCUT2D eigenvalue weighted by atomic mass is 9.84. The maximum absolute atomic E-state index is 13.3. The Balaban J connectivity index is 1.53. The number of piperidine rings is 1. The highest BCUT2D eigenvalue weighted by atomic mass is 32.2. The van der Waals surface area contributed by atoms with E-state index in [0.717, 1.165) is 5.56 Å². The molecule has 2 fully saturated rings. The molecule has 2 aliphatic rings. The molecule has 10 nitrogen and oxygen atoms in total. The van der Waals surface area contributed by atoms with E-state index in [2.05, 4.69) is 14.9 Å². The molecule has 0 saturated carbocycles. The summed E-state index contributed by atoms with van der Waals surface area (Å²) in [5.41, 5.74) is 0.731. The fourth-order valence-electron chi connectivity index (χ4n) is 4.56. The van der Waals surface area contributed by atoms with Crippen molar-refractivity contribution < 1.29 is 40.4 Å². The van der Waals surface area contributed by atoms with Crippen molar-refractivity contribution in [2.75, 3.05) is 50.9 Å². The average Bonchev–Trinajstić information content (AvgIpc) is 3.32. The third-order valence-corrected chi connectivity index (χ3v) is 8.04. The van der Waals surface area contributed by atoms with Gasteiger partial charge in [-0.1, -0.05) is 17.3 Å². The summed E-state index contributed by atoms with van der Waals surface area (Å²) < 4.78 is 76.1. The number of likely N-dealkylation sites (tertiary alicyclic amines) is 1. The molecule has 0 aliphatic carbocycles. The summed E-state index contributed by atoms with van der Waals surface area (Å²) in [7, 11) is -3.16. The molecule has 2 aromatic rings. The molecule has 1 aromatic carbocycles.